The van der Waals surface area contributed by atoms with Crippen LogP contribution in [0.15, 0.2) is 53.0 Å². The lowest BCUT2D eigenvalue weighted by Crippen LogP contribution is -2.33. The van der Waals surface area contributed by atoms with E-state index >= 15 is 0 Å². The summed E-state index contributed by atoms with van der Waals surface area (Å²) in [6.45, 7) is 3.04. The summed E-state index contributed by atoms with van der Waals surface area (Å²) in [5.41, 5.74) is 2.45. The third kappa shape index (κ3) is 4.43. The lowest BCUT2D eigenvalue weighted by atomic mass is 9.99. The molecule has 0 fully saturated rings. The van der Waals surface area contributed by atoms with Crippen LogP contribution in [0.5, 0.6) is 0 Å². The lowest BCUT2D eigenvalue weighted by molar-refractivity contribution is 0.520. The summed E-state index contributed by atoms with van der Waals surface area (Å²) in [6.07, 6.45) is 1.85. The van der Waals surface area contributed by atoms with Gasteiger partial charge in [-0.05, 0) is 42.6 Å². The monoisotopic (exact) mass is 335 g/mol. The second-order valence-corrected chi connectivity index (χ2v) is 5.74. The molecule has 0 aromatic heterocycles. The standard InChI is InChI=1S/C17H19BrFN/c1-2-20-16(10-13-6-4-3-5-7-13)11-14-8-9-15(19)12-17(14)18/h3-9,12,16,20H,2,10-11H2,1H3. The van der Waals surface area contributed by atoms with E-state index in [1.165, 1.54) is 17.7 Å². The minimum Gasteiger partial charge on any atom is -0.314 e. The van der Waals surface area contributed by atoms with E-state index < -0.39 is 0 Å². The van der Waals surface area contributed by atoms with Crippen molar-refractivity contribution in [3.8, 4) is 0 Å². The Kier molecular flexibility index (Phi) is 5.74. The van der Waals surface area contributed by atoms with Gasteiger partial charge >= 0.3 is 0 Å². The first-order chi connectivity index (χ1) is 9.69. The van der Waals surface area contributed by atoms with E-state index in [-0.39, 0.29) is 5.82 Å². The molecule has 106 valence electrons. The van der Waals surface area contributed by atoms with Crippen LogP contribution in [0.2, 0.25) is 0 Å². The van der Waals surface area contributed by atoms with Crippen LogP contribution in [-0.4, -0.2) is 12.6 Å². The molecule has 2 aromatic carbocycles. The Morgan fingerprint density at radius 2 is 1.85 bits per heavy atom. The topological polar surface area (TPSA) is 12.0 Å². The van der Waals surface area contributed by atoms with Crippen molar-refractivity contribution in [1.29, 1.82) is 0 Å². The number of nitrogens with one attached hydrogen (secondary N) is 1. The maximum atomic E-state index is 13.1. The zero-order chi connectivity index (χ0) is 14.4. The largest absolute Gasteiger partial charge is 0.314 e. The van der Waals surface area contributed by atoms with E-state index in [1.54, 1.807) is 0 Å². The molecule has 0 aliphatic heterocycles. The lowest BCUT2D eigenvalue weighted by Gasteiger charge is -2.19. The van der Waals surface area contributed by atoms with Gasteiger partial charge in [-0.15, -0.1) is 0 Å². The predicted octanol–water partition coefficient (Wildman–Crippen LogP) is 4.35. The Balaban J connectivity index is 2.09. The van der Waals surface area contributed by atoms with E-state index in [0.29, 0.717) is 6.04 Å². The van der Waals surface area contributed by atoms with Crippen molar-refractivity contribution in [2.45, 2.75) is 25.8 Å². The molecule has 3 heteroatoms. The molecule has 1 N–H and O–H groups in total. The zero-order valence-electron chi connectivity index (χ0n) is 11.6. The Labute approximate surface area is 128 Å². The van der Waals surface area contributed by atoms with E-state index in [4.69, 9.17) is 0 Å². The molecule has 0 heterocycles. The molecule has 0 saturated heterocycles. The van der Waals surface area contributed by atoms with Crippen molar-refractivity contribution >= 4 is 15.9 Å². The Hall–Kier alpha value is -1.19. The second-order valence-electron chi connectivity index (χ2n) is 4.88. The fraction of sp³-hybridized carbons (Fsp3) is 0.294. The number of benzene rings is 2. The minimum atomic E-state index is -0.205. The fourth-order valence-corrected chi connectivity index (χ4v) is 2.87. The van der Waals surface area contributed by atoms with Crippen LogP contribution in [0, 0.1) is 5.82 Å². The van der Waals surface area contributed by atoms with Crippen molar-refractivity contribution < 1.29 is 4.39 Å². The molecular weight excluding hydrogens is 317 g/mol. The van der Waals surface area contributed by atoms with Crippen molar-refractivity contribution in [3.63, 3.8) is 0 Å². The van der Waals surface area contributed by atoms with Gasteiger partial charge in [-0.3, -0.25) is 0 Å². The summed E-state index contributed by atoms with van der Waals surface area (Å²) in [5.74, 6) is -0.205. The van der Waals surface area contributed by atoms with Crippen molar-refractivity contribution in [2.75, 3.05) is 6.54 Å². The van der Waals surface area contributed by atoms with Crippen LogP contribution in [0.3, 0.4) is 0 Å². The highest BCUT2D eigenvalue weighted by Crippen LogP contribution is 2.20. The average Bonchev–Trinajstić information content (AvgIpc) is 2.43. The fourth-order valence-electron chi connectivity index (χ4n) is 2.36. The third-order valence-corrected chi connectivity index (χ3v) is 4.04. The predicted molar refractivity (Wildman–Crippen MR) is 85.4 cm³/mol. The number of hydrogen-bond donors (Lipinski definition) is 1. The first-order valence-corrected chi connectivity index (χ1v) is 7.69. The molecule has 0 amide bonds. The van der Waals surface area contributed by atoms with Gasteiger partial charge < -0.3 is 5.32 Å². The molecule has 0 radical (unpaired) electrons. The molecule has 1 unspecified atom stereocenters. The quantitative estimate of drug-likeness (QED) is 0.827. The maximum absolute atomic E-state index is 13.1. The van der Waals surface area contributed by atoms with E-state index in [1.807, 2.05) is 12.1 Å². The Morgan fingerprint density at radius 1 is 1.10 bits per heavy atom. The summed E-state index contributed by atoms with van der Waals surface area (Å²) >= 11 is 3.44. The van der Waals surface area contributed by atoms with E-state index in [2.05, 4.69) is 52.4 Å². The minimum absolute atomic E-state index is 0.205. The SMILES string of the molecule is CCNC(Cc1ccccc1)Cc1ccc(F)cc1Br. The van der Waals surface area contributed by atoms with Crippen LogP contribution in [0.4, 0.5) is 4.39 Å². The van der Waals surface area contributed by atoms with Crippen molar-refractivity contribution in [2.24, 2.45) is 0 Å². The molecule has 0 bridgehead atoms. The summed E-state index contributed by atoms with van der Waals surface area (Å²) in [5, 5.41) is 3.51. The van der Waals surface area contributed by atoms with Gasteiger partial charge in [-0.2, -0.15) is 0 Å². The molecule has 2 rings (SSSR count). The molecule has 1 atom stereocenters. The number of likely N-dealkylation sites (N-methyl/N-ethyl adjacent to an activating group) is 1. The van der Waals surface area contributed by atoms with Crippen molar-refractivity contribution in [1.82, 2.24) is 5.32 Å². The number of hydrogen-bond acceptors (Lipinski definition) is 1. The zero-order valence-corrected chi connectivity index (χ0v) is 13.2. The average molecular weight is 336 g/mol. The van der Waals surface area contributed by atoms with Gasteiger partial charge in [-0.1, -0.05) is 59.3 Å². The van der Waals surface area contributed by atoms with Gasteiger partial charge in [0.05, 0.1) is 0 Å². The molecule has 2 aromatic rings. The summed E-state index contributed by atoms with van der Waals surface area (Å²) in [7, 11) is 0. The number of halogens is 2. The van der Waals surface area contributed by atoms with Crippen LogP contribution in [0.1, 0.15) is 18.1 Å². The molecule has 0 aliphatic carbocycles. The highest BCUT2D eigenvalue weighted by Gasteiger charge is 2.12. The Morgan fingerprint density at radius 3 is 2.50 bits per heavy atom. The molecule has 1 nitrogen and oxygen atoms in total. The van der Waals surface area contributed by atoms with Gasteiger partial charge in [0.2, 0.25) is 0 Å². The smallest absolute Gasteiger partial charge is 0.124 e. The first kappa shape index (κ1) is 15.2. The highest BCUT2D eigenvalue weighted by atomic mass is 79.9. The van der Waals surface area contributed by atoms with Gasteiger partial charge in [-0.25, -0.2) is 4.39 Å². The molecular formula is C17H19BrFN. The summed E-state index contributed by atoms with van der Waals surface area (Å²) in [6, 6.07) is 15.7. The van der Waals surface area contributed by atoms with Gasteiger partial charge in [0.15, 0.2) is 0 Å². The summed E-state index contributed by atoms with van der Waals surface area (Å²) in [4.78, 5) is 0. The van der Waals surface area contributed by atoms with Crippen LogP contribution < -0.4 is 5.32 Å². The third-order valence-electron chi connectivity index (χ3n) is 3.30. The molecule has 20 heavy (non-hydrogen) atoms. The highest BCUT2D eigenvalue weighted by molar-refractivity contribution is 9.10. The van der Waals surface area contributed by atoms with Crippen LogP contribution in [0.25, 0.3) is 0 Å². The molecule has 0 spiro atoms. The normalized spacial score (nSPS) is 12.3. The van der Waals surface area contributed by atoms with Gasteiger partial charge in [0, 0.05) is 10.5 Å². The van der Waals surface area contributed by atoms with Crippen LogP contribution >= 0.6 is 15.9 Å². The van der Waals surface area contributed by atoms with Crippen LogP contribution in [-0.2, 0) is 12.8 Å². The van der Waals surface area contributed by atoms with E-state index in [9.17, 15) is 4.39 Å². The van der Waals surface area contributed by atoms with Gasteiger partial charge in [0.25, 0.3) is 0 Å². The Bertz CT molecular complexity index is 542. The van der Waals surface area contributed by atoms with Gasteiger partial charge in [0.1, 0.15) is 5.82 Å². The molecule has 0 aliphatic rings. The number of rotatable bonds is 6. The first-order valence-electron chi connectivity index (χ1n) is 6.90. The second kappa shape index (κ2) is 7.55. The molecule has 0 saturated carbocycles. The van der Waals surface area contributed by atoms with Crippen molar-refractivity contribution in [3.05, 3.63) is 69.9 Å². The summed E-state index contributed by atoms with van der Waals surface area (Å²) < 4.78 is 14.0. The maximum Gasteiger partial charge on any atom is 0.124 e. The van der Waals surface area contributed by atoms with E-state index in [0.717, 1.165) is 29.4 Å².